The Kier molecular flexibility index (Phi) is 19.8. The third-order valence-corrected chi connectivity index (χ3v) is 26.8. The van der Waals surface area contributed by atoms with Crippen molar-refractivity contribution in [2.45, 2.75) is 26.2 Å². The lowest BCUT2D eigenvalue weighted by molar-refractivity contribution is -0.137. The number of para-hydroxylation sites is 1. The van der Waals surface area contributed by atoms with Crippen LogP contribution in [0.2, 0.25) is 0 Å². The van der Waals surface area contributed by atoms with Gasteiger partial charge in [0.05, 0.1) is 118 Å². The van der Waals surface area contributed by atoms with Crippen molar-refractivity contribution >= 4 is 87.2 Å². The van der Waals surface area contributed by atoms with Gasteiger partial charge in [0.1, 0.15) is 11.6 Å². The zero-order valence-corrected chi connectivity index (χ0v) is 74.0. The molecular formula is C122H74F6N10. The molecule has 0 aliphatic heterocycles. The standard InChI is InChI=1S/C122H74F6N10/c1-73-44-50-92-91-35-17-20-42-104(91)137(110(92)61-73)114-69-84(71-129)95(90-34-16-19-41-102(90)122(126,127)128)70-115(114)138-109-43-21-36-93(116(109)94-51-45-74(2)62-111(94)138)103-53-52-89(120(134-103)78-31-13-6-14-32-78)82-49-57-108-99(66-82)98-65-81(88-39-24-60-133-119(88)77-29-11-5-12-30-77)48-56-107(98)136(108)113-68-83(85-33-15-18-40-101(85)121(123,124)125)67-112(100(113)72-130)135-105-54-46-79(86-37-22-58-131-117(86)75-25-7-3-8-26-75)63-96(105)97-64-80(47-55-106(97)135)87-38-23-59-132-118(87)76-27-9-4-10-28-76/h3-70H,1-2H3. The Morgan fingerprint density at radius 2 is 0.609 bits per heavy atom. The third kappa shape index (κ3) is 13.9. The summed E-state index contributed by atoms with van der Waals surface area (Å²) in [5.74, 6) is 0. The summed E-state index contributed by atoms with van der Waals surface area (Å²) < 4.78 is 103. The molecule has 16 heteroatoms. The highest BCUT2D eigenvalue weighted by atomic mass is 19.4. The molecule has 654 valence electrons. The van der Waals surface area contributed by atoms with Crippen LogP contribution in [0.3, 0.4) is 0 Å². The molecule has 0 saturated heterocycles. The summed E-state index contributed by atoms with van der Waals surface area (Å²) in [6, 6.07) is 131. The van der Waals surface area contributed by atoms with Gasteiger partial charge in [-0.05, 0) is 197 Å². The quantitative estimate of drug-likeness (QED) is 0.0943. The number of hydrogen-bond donors (Lipinski definition) is 0. The Morgan fingerprint density at radius 1 is 0.239 bits per heavy atom. The smallest absolute Gasteiger partial charge is 0.308 e. The number of halogens is 6. The molecule has 0 atom stereocenters. The average molecular weight is 1790 g/mol. The van der Waals surface area contributed by atoms with E-state index in [0.29, 0.717) is 56.2 Å². The average Bonchev–Trinajstić information content (AvgIpc) is 1.56. The first-order valence-corrected chi connectivity index (χ1v) is 45.3. The van der Waals surface area contributed by atoms with Crippen molar-refractivity contribution in [2.24, 2.45) is 0 Å². The SMILES string of the molecule is Cc1ccc2c3ccccc3n(-c3cc(C#N)c(-c4ccccc4C(F)(F)F)cc3-n3c4cc(C)ccc4c4c(-c5ccc(-c6ccc7c(c6)c6cc(-c8cccnc8-c8ccccc8)ccc6n7-c6cc(-c7ccccc7C(F)(F)F)cc(-n7c8ccc(-c9cccnc9-c9ccccc9)cc8c8cc(-c9cccnc9-c9ccccc9)ccc87)c6C#N)c(-c6ccccc6)n5)cccc43)c2c1. The Hall–Kier alpha value is -18.1. The van der Waals surface area contributed by atoms with Crippen molar-refractivity contribution in [3.63, 3.8) is 0 Å². The number of fused-ring (bicyclic) bond motifs is 12. The predicted molar refractivity (Wildman–Crippen MR) is 544 cm³/mol. The molecule has 16 aromatic carbocycles. The minimum Gasteiger partial charge on any atom is -0.308 e. The van der Waals surface area contributed by atoms with E-state index in [0.717, 1.165) is 178 Å². The molecule has 10 nitrogen and oxygen atoms in total. The highest BCUT2D eigenvalue weighted by Crippen LogP contribution is 2.52. The molecule has 0 fully saturated rings. The summed E-state index contributed by atoms with van der Waals surface area (Å²) in [4.78, 5) is 20.8. The summed E-state index contributed by atoms with van der Waals surface area (Å²) in [6.07, 6.45) is -4.24. The molecule has 8 heterocycles. The van der Waals surface area contributed by atoms with E-state index in [1.165, 1.54) is 24.3 Å². The largest absolute Gasteiger partial charge is 0.417 e. The zero-order chi connectivity index (χ0) is 93.3. The van der Waals surface area contributed by atoms with Gasteiger partial charge in [-0.2, -0.15) is 36.9 Å². The van der Waals surface area contributed by atoms with E-state index in [-0.39, 0.29) is 33.4 Å². The molecule has 0 unspecified atom stereocenters. The maximum absolute atomic E-state index is 16.1. The highest BCUT2D eigenvalue weighted by molar-refractivity contribution is 6.19. The van der Waals surface area contributed by atoms with E-state index >= 15 is 26.3 Å². The lowest BCUT2D eigenvalue weighted by atomic mass is 9.94. The molecule has 0 N–H and O–H groups in total. The van der Waals surface area contributed by atoms with Gasteiger partial charge in [0.2, 0.25) is 0 Å². The number of pyridine rings is 4. The summed E-state index contributed by atoms with van der Waals surface area (Å²) >= 11 is 0. The number of nitrogens with zero attached hydrogens (tertiary/aromatic N) is 10. The number of aryl methyl sites for hydroxylation is 2. The van der Waals surface area contributed by atoms with Gasteiger partial charge in [0.15, 0.2) is 0 Å². The summed E-state index contributed by atoms with van der Waals surface area (Å²) in [5, 5.41) is 30.6. The van der Waals surface area contributed by atoms with E-state index in [4.69, 9.17) is 19.9 Å². The zero-order valence-electron chi connectivity index (χ0n) is 74.0. The fourth-order valence-electron chi connectivity index (χ4n) is 20.7. The number of nitriles is 2. The molecule has 24 rings (SSSR count). The number of aromatic nitrogens is 8. The molecule has 8 aromatic heterocycles. The van der Waals surface area contributed by atoms with Crippen LogP contribution in [-0.4, -0.2) is 38.2 Å². The Labute approximate surface area is 787 Å². The molecule has 0 saturated carbocycles. The molecule has 0 aliphatic carbocycles. The van der Waals surface area contributed by atoms with Gasteiger partial charge in [0.25, 0.3) is 0 Å². The van der Waals surface area contributed by atoms with Crippen molar-refractivity contribution in [3.8, 4) is 158 Å². The summed E-state index contributed by atoms with van der Waals surface area (Å²) in [7, 11) is 0. The first kappa shape index (κ1) is 83.0. The predicted octanol–water partition coefficient (Wildman–Crippen LogP) is 32.4. The van der Waals surface area contributed by atoms with E-state index in [9.17, 15) is 10.5 Å². The molecule has 0 amide bonds. The number of hydrogen-bond acceptors (Lipinski definition) is 6. The van der Waals surface area contributed by atoms with Crippen LogP contribution in [0, 0.1) is 36.5 Å². The number of benzene rings is 16. The minimum atomic E-state index is -4.82. The van der Waals surface area contributed by atoms with Crippen molar-refractivity contribution in [1.82, 2.24) is 38.2 Å². The van der Waals surface area contributed by atoms with Gasteiger partial charge < -0.3 is 18.3 Å². The van der Waals surface area contributed by atoms with Crippen LogP contribution in [0.4, 0.5) is 26.3 Å². The first-order valence-electron chi connectivity index (χ1n) is 45.3. The number of rotatable bonds is 15. The van der Waals surface area contributed by atoms with Crippen molar-refractivity contribution < 1.29 is 26.3 Å². The van der Waals surface area contributed by atoms with E-state index in [2.05, 4.69) is 106 Å². The van der Waals surface area contributed by atoms with Crippen LogP contribution < -0.4 is 0 Å². The maximum atomic E-state index is 16.1. The Morgan fingerprint density at radius 3 is 1.09 bits per heavy atom. The fourth-order valence-corrected chi connectivity index (χ4v) is 20.7. The van der Waals surface area contributed by atoms with Crippen molar-refractivity contribution in [1.29, 1.82) is 10.5 Å². The number of alkyl halides is 6. The normalized spacial score (nSPS) is 11.9. The second-order valence-electron chi connectivity index (χ2n) is 34.9. The molecule has 0 bridgehead atoms. The van der Waals surface area contributed by atoms with Gasteiger partial charge in [-0.3, -0.25) is 15.0 Å². The monoisotopic (exact) mass is 1790 g/mol. The fraction of sp³-hybridized carbons (Fsp3) is 0.0328. The second-order valence-corrected chi connectivity index (χ2v) is 34.9. The molecule has 138 heavy (non-hydrogen) atoms. The van der Waals surface area contributed by atoms with Crippen LogP contribution in [0.1, 0.15) is 33.4 Å². The first-order chi connectivity index (χ1) is 67.5. The van der Waals surface area contributed by atoms with Gasteiger partial charge >= 0.3 is 12.4 Å². The van der Waals surface area contributed by atoms with Crippen LogP contribution in [-0.2, 0) is 12.4 Å². The molecule has 0 aliphatic rings. The lowest BCUT2D eigenvalue weighted by Crippen LogP contribution is -2.09. The Bertz CT molecular complexity index is 9090. The lowest BCUT2D eigenvalue weighted by Gasteiger charge is -2.21. The van der Waals surface area contributed by atoms with E-state index < -0.39 is 23.5 Å². The second kappa shape index (κ2) is 33.0. The van der Waals surface area contributed by atoms with Crippen LogP contribution in [0.25, 0.3) is 233 Å². The topological polar surface area (TPSA) is 119 Å². The van der Waals surface area contributed by atoms with E-state index in [1.54, 1.807) is 55.0 Å². The van der Waals surface area contributed by atoms with Crippen molar-refractivity contribution in [3.05, 3.63) is 446 Å². The van der Waals surface area contributed by atoms with Gasteiger partial charge in [-0.25, -0.2) is 4.98 Å². The van der Waals surface area contributed by atoms with Crippen LogP contribution in [0.5, 0.6) is 0 Å². The Balaban J connectivity index is 0.742. The third-order valence-electron chi connectivity index (χ3n) is 26.8. The van der Waals surface area contributed by atoms with E-state index in [1.807, 2.05) is 260 Å². The van der Waals surface area contributed by atoms with Gasteiger partial charge in [-0.15, -0.1) is 0 Å². The molecule has 24 aromatic rings. The highest BCUT2D eigenvalue weighted by Gasteiger charge is 2.37. The molecule has 0 spiro atoms. The molecule has 0 radical (unpaired) electrons. The van der Waals surface area contributed by atoms with Gasteiger partial charge in [-0.1, -0.05) is 261 Å². The van der Waals surface area contributed by atoms with Crippen LogP contribution in [0.15, 0.2) is 413 Å². The molecular weight excluding hydrogens is 1720 g/mol. The van der Waals surface area contributed by atoms with Crippen LogP contribution >= 0.6 is 0 Å². The van der Waals surface area contributed by atoms with Gasteiger partial charge in [0, 0.05) is 117 Å². The maximum Gasteiger partial charge on any atom is 0.417 e. The summed E-state index contributed by atoms with van der Waals surface area (Å²) in [6.45, 7) is 4.04. The minimum absolute atomic E-state index is 0.0553. The summed E-state index contributed by atoms with van der Waals surface area (Å²) in [5.41, 5.74) is 22.6. The van der Waals surface area contributed by atoms with Crippen molar-refractivity contribution in [2.75, 3.05) is 0 Å².